The van der Waals surface area contributed by atoms with Crippen molar-refractivity contribution in [2.75, 3.05) is 6.61 Å². The molecular formula is C7H7F3O2. The molecule has 12 heavy (non-hydrogen) atoms. The standard InChI is InChI=1S/C7H7F3O2/c8-7(9,10)3-6(11)5-1-2-12-4-5/h4H,1-3H2. The van der Waals surface area contributed by atoms with Crippen molar-refractivity contribution in [3.63, 3.8) is 0 Å². The minimum Gasteiger partial charge on any atom is -0.500 e. The van der Waals surface area contributed by atoms with Gasteiger partial charge < -0.3 is 4.74 Å². The number of hydrogen-bond acceptors (Lipinski definition) is 2. The molecule has 0 aromatic heterocycles. The molecule has 0 radical (unpaired) electrons. The molecule has 0 amide bonds. The van der Waals surface area contributed by atoms with Gasteiger partial charge in [0.2, 0.25) is 0 Å². The van der Waals surface area contributed by atoms with Gasteiger partial charge in [0.05, 0.1) is 12.9 Å². The number of halogens is 3. The van der Waals surface area contributed by atoms with Gasteiger partial charge in [-0.15, -0.1) is 0 Å². The first-order valence-corrected chi connectivity index (χ1v) is 3.39. The highest BCUT2D eigenvalue weighted by molar-refractivity contribution is 5.95. The monoisotopic (exact) mass is 180 g/mol. The second kappa shape index (κ2) is 3.16. The third kappa shape index (κ3) is 2.56. The third-order valence-electron chi connectivity index (χ3n) is 1.43. The Balaban J connectivity index is 2.49. The maximum atomic E-state index is 11.7. The molecule has 0 unspecified atom stereocenters. The number of carbonyl (C=O) groups excluding carboxylic acids is 1. The van der Waals surface area contributed by atoms with E-state index >= 15 is 0 Å². The van der Waals surface area contributed by atoms with E-state index in [1.54, 1.807) is 0 Å². The van der Waals surface area contributed by atoms with Crippen LogP contribution in [0, 0.1) is 0 Å². The Morgan fingerprint density at radius 2 is 2.25 bits per heavy atom. The molecule has 0 bridgehead atoms. The van der Waals surface area contributed by atoms with Crippen molar-refractivity contribution in [2.24, 2.45) is 0 Å². The van der Waals surface area contributed by atoms with E-state index in [-0.39, 0.29) is 12.0 Å². The average molecular weight is 180 g/mol. The number of rotatable bonds is 2. The first kappa shape index (κ1) is 9.09. The Kier molecular flexibility index (Phi) is 2.40. The average Bonchev–Trinajstić information content (AvgIpc) is 2.32. The van der Waals surface area contributed by atoms with Gasteiger partial charge in [0.1, 0.15) is 6.42 Å². The minimum absolute atomic E-state index is 0.132. The molecule has 1 heterocycles. The van der Waals surface area contributed by atoms with Crippen LogP contribution in [0.4, 0.5) is 13.2 Å². The number of ether oxygens (including phenoxy) is 1. The summed E-state index contributed by atoms with van der Waals surface area (Å²) >= 11 is 0. The SMILES string of the molecule is O=C(CC(F)(F)F)C1=COCC1. The van der Waals surface area contributed by atoms with Gasteiger partial charge in [0.15, 0.2) is 5.78 Å². The Labute approximate surface area is 67.0 Å². The fourth-order valence-electron chi connectivity index (χ4n) is 0.888. The second-order valence-corrected chi connectivity index (χ2v) is 2.48. The van der Waals surface area contributed by atoms with E-state index in [0.717, 1.165) is 6.26 Å². The largest absolute Gasteiger partial charge is 0.500 e. The van der Waals surface area contributed by atoms with Gasteiger partial charge >= 0.3 is 6.18 Å². The van der Waals surface area contributed by atoms with Crippen LogP contribution in [0.1, 0.15) is 12.8 Å². The lowest BCUT2D eigenvalue weighted by molar-refractivity contribution is -0.149. The normalized spacial score (nSPS) is 17.1. The summed E-state index contributed by atoms with van der Waals surface area (Å²) in [6, 6.07) is 0. The summed E-state index contributed by atoms with van der Waals surface area (Å²) in [6.45, 7) is 0.304. The summed E-state index contributed by atoms with van der Waals surface area (Å²) in [4.78, 5) is 10.8. The Bertz CT molecular complexity index is 217. The van der Waals surface area contributed by atoms with Gasteiger partial charge in [-0.25, -0.2) is 0 Å². The molecule has 2 nitrogen and oxygen atoms in total. The van der Waals surface area contributed by atoms with Crippen LogP contribution in [0.25, 0.3) is 0 Å². The van der Waals surface area contributed by atoms with E-state index in [9.17, 15) is 18.0 Å². The summed E-state index contributed by atoms with van der Waals surface area (Å²) in [7, 11) is 0. The maximum absolute atomic E-state index is 11.7. The number of hydrogen-bond donors (Lipinski definition) is 0. The molecule has 1 aliphatic heterocycles. The van der Waals surface area contributed by atoms with E-state index in [2.05, 4.69) is 4.74 Å². The third-order valence-corrected chi connectivity index (χ3v) is 1.43. The number of Topliss-reactive ketones (excluding diaryl/α,β-unsaturated/α-hetero) is 1. The van der Waals surface area contributed by atoms with Crippen LogP contribution in [-0.2, 0) is 9.53 Å². The van der Waals surface area contributed by atoms with Crippen molar-refractivity contribution in [2.45, 2.75) is 19.0 Å². The van der Waals surface area contributed by atoms with Crippen LogP contribution in [0.2, 0.25) is 0 Å². The number of ketones is 1. The summed E-state index contributed by atoms with van der Waals surface area (Å²) < 4.78 is 39.7. The van der Waals surface area contributed by atoms with Gasteiger partial charge in [-0.1, -0.05) is 0 Å². The van der Waals surface area contributed by atoms with E-state index in [1.165, 1.54) is 0 Å². The lowest BCUT2D eigenvalue weighted by Gasteiger charge is -2.03. The molecule has 0 saturated heterocycles. The van der Waals surface area contributed by atoms with Gasteiger partial charge in [-0.05, 0) is 0 Å². The topological polar surface area (TPSA) is 26.3 Å². The molecule has 1 aliphatic rings. The van der Waals surface area contributed by atoms with Gasteiger partial charge in [-0.2, -0.15) is 13.2 Å². The molecule has 0 spiro atoms. The fourth-order valence-corrected chi connectivity index (χ4v) is 0.888. The van der Waals surface area contributed by atoms with Crippen molar-refractivity contribution in [3.05, 3.63) is 11.8 Å². The molecule has 5 heteroatoms. The van der Waals surface area contributed by atoms with Crippen molar-refractivity contribution < 1.29 is 22.7 Å². The molecule has 68 valence electrons. The zero-order chi connectivity index (χ0) is 9.19. The number of carbonyl (C=O) groups is 1. The molecule has 0 atom stereocenters. The van der Waals surface area contributed by atoms with Crippen LogP contribution in [-0.4, -0.2) is 18.6 Å². The molecule has 1 rings (SSSR count). The van der Waals surface area contributed by atoms with Gasteiger partial charge in [-0.3, -0.25) is 4.79 Å². The highest BCUT2D eigenvalue weighted by atomic mass is 19.4. The molecule has 0 fully saturated rings. The van der Waals surface area contributed by atoms with Crippen LogP contribution in [0.15, 0.2) is 11.8 Å². The Morgan fingerprint density at radius 1 is 1.58 bits per heavy atom. The van der Waals surface area contributed by atoms with Gasteiger partial charge in [0, 0.05) is 12.0 Å². The quantitative estimate of drug-likeness (QED) is 0.647. The minimum atomic E-state index is -4.42. The first-order chi connectivity index (χ1) is 5.49. The highest BCUT2D eigenvalue weighted by Crippen LogP contribution is 2.23. The molecule has 0 saturated carbocycles. The predicted octanol–water partition coefficient (Wildman–Crippen LogP) is 1.81. The second-order valence-electron chi connectivity index (χ2n) is 2.48. The van der Waals surface area contributed by atoms with Crippen LogP contribution >= 0.6 is 0 Å². The molecule has 0 aliphatic carbocycles. The first-order valence-electron chi connectivity index (χ1n) is 3.39. The summed E-state index contributed by atoms with van der Waals surface area (Å²) in [5, 5.41) is 0. The Morgan fingerprint density at radius 3 is 2.67 bits per heavy atom. The summed E-state index contributed by atoms with van der Waals surface area (Å²) in [5.41, 5.74) is 0.132. The van der Waals surface area contributed by atoms with E-state index in [4.69, 9.17) is 0 Å². The van der Waals surface area contributed by atoms with Crippen molar-refractivity contribution in [1.82, 2.24) is 0 Å². The molecule has 0 N–H and O–H groups in total. The van der Waals surface area contributed by atoms with Crippen LogP contribution in [0.3, 0.4) is 0 Å². The Hall–Kier alpha value is -1.00. The predicted molar refractivity (Wildman–Crippen MR) is 34.3 cm³/mol. The summed E-state index contributed by atoms with van der Waals surface area (Å²) in [5.74, 6) is -0.889. The van der Waals surface area contributed by atoms with Crippen molar-refractivity contribution in [3.8, 4) is 0 Å². The van der Waals surface area contributed by atoms with Gasteiger partial charge in [0.25, 0.3) is 0 Å². The summed E-state index contributed by atoms with van der Waals surface area (Å²) in [6.07, 6.45) is -4.41. The lowest BCUT2D eigenvalue weighted by atomic mass is 10.1. The highest BCUT2D eigenvalue weighted by Gasteiger charge is 2.32. The van der Waals surface area contributed by atoms with Crippen LogP contribution < -0.4 is 0 Å². The molecule has 0 aromatic carbocycles. The van der Waals surface area contributed by atoms with E-state index in [0.29, 0.717) is 6.61 Å². The lowest BCUT2D eigenvalue weighted by Crippen LogP contribution is -2.15. The smallest absolute Gasteiger partial charge is 0.396 e. The fraction of sp³-hybridized carbons (Fsp3) is 0.571. The van der Waals surface area contributed by atoms with Crippen LogP contribution in [0.5, 0.6) is 0 Å². The zero-order valence-electron chi connectivity index (χ0n) is 6.15. The maximum Gasteiger partial charge on any atom is 0.396 e. The zero-order valence-corrected chi connectivity index (χ0v) is 6.15. The molecular weight excluding hydrogens is 173 g/mol. The number of alkyl halides is 3. The van der Waals surface area contributed by atoms with Crippen molar-refractivity contribution in [1.29, 1.82) is 0 Å². The van der Waals surface area contributed by atoms with E-state index in [1.807, 2.05) is 0 Å². The molecule has 0 aromatic rings. The van der Waals surface area contributed by atoms with E-state index < -0.39 is 18.4 Å². The van der Waals surface area contributed by atoms with Crippen molar-refractivity contribution >= 4 is 5.78 Å².